The highest BCUT2D eigenvalue weighted by molar-refractivity contribution is 5.49. The van der Waals surface area contributed by atoms with E-state index >= 15 is 0 Å². The van der Waals surface area contributed by atoms with E-state index in [-0.39, 0.29) is 5.41 Å². The summed E-state index contributed by atoms with van der Waals surface area (Å²) in [7, 11) is 0. The van der Waals surface area contributed by atoms with Gasteiger partial charge in [0.05, 0.1) is 6.61 Å². The van der Waals surface area contributed by atoms with Crippen molar-refractivity contribution in [2.45, 2.75) is 57.1 Å². The maximum atomic E-state index is 10.3. The van der Waals surface area contributed by atoms with Gasteiger partial charge in [0.15, 0.2) is 0 Å². The molecule has 2 fully saturated rings. The van der Waals surface area contributed by atoms with E-state index in [1.54, 1.807) is 0 Å². The average Bonchev–Trinajstić information content (AvgIpc) is 3.00. The lowest BCUT2D eigenvalue weighted by Gasteiger charge is -2.35. The van der Waals surface area contributed by atoms with Crippen LogP contribution in [0.3, 0.4) is 0 Å². The Kier molecular flexibility index (Phi) is 5.19. The molecule has 4 heteroatoms. The van der Waals surface area contributed by atoms with Gasteiger partial charge in [0.2, 0.25) is 0 Å². The molecule has 2 heterocycles. The quantitative estimate of drug-likeness (QED) is 0.890. The van der Waals surface area contributed by atoms with E-state index in [2.05, 4.69) is 55.3 Å². The molecule has 1 atom stereocenters. The van der Waals surface area contributed by atoms with Gasteiger partial charge in [-0.15, -0.1) is 0 Å². The maximum Gasteiger partial charge on any atom is 0.102 e. The molecule has 1 aromatic carbocycles. The molecule has 2 saturated heterocycles. The predicted molar refractivity (Wildman–Crippen MR) is 98.8 cm³/mol. The highest BCUT2D eigenvalue weighted by Gasteiger charge is 2.33. The fourth-order valence-corrected chi connectivity index (χ4v) is 3.58. The van der Waals surface area contributed by atoms with Crippen LogP contribution in [0.2, 0.25) is 0 Å². The van der Waals surface area contributed by atoms with Gasteiger partial charge >= 0.3 is 0 Å². The average molecular weight is 332 g/mol. The van der Waals surface area contributed by atoms with Gasteiger partial charge in [0, 0.05) is 44.4 Å². The van der Waals surface area contributed by atoms with Crippen LogP contribution in [-0.2, 0) is 10.2 Å². The molecule has 2 aliphatic rings. The number of nitrogens with one attached hydrogen (secondary N) is 1. The molecule has 4 nitrogen and oxygen atoms in total. The molecule has 2 aliphatic heterocycles. The first-order valence-electron chi connectivity index (χ1n) is 9.25. The minimum atomic E-state index is -0.653. The molecule has 0 radical (unpaired) electrons. The zero-order valence-electron chi connectivity index (χ0n) is 15.3. The van der Waals surface area contributed by atoms with E-state index in [1.165, 1.54) is 11.3 Å². The third-order valence-electron chi connectivity index (χ3n) is 5.40. The van der Waals surface area contributed by atoms with Crippen molar-refractivity contribution in [2.24, 2.45) is 0 Å². The van der Waals surface area contributed by atoms with Gasteiger partial charge in [-0.05, 0) is 36.0 Å². The number of ether oxygens (including phenoxy) is 1. The zero-order chi connectivity index (χ0) is 17.2. The summed E-state index contributed by atoms with van der Waals surface area (Å²) >= 11 is 0. The largest absolute Gasteiger partial charge is 0.386 e. The van der Waals surface area contributed by atoms with E-state index in [1.807, 2.05) is 0 Å². The number of nitrogens with zero attached hydrogens (tertiary/aromatic N) is 1. The number of anilines is 1. The van der Waals surface area contributed by atoms with Gasteiger partial charge < -0.3 is 20.1 Å². The summed E-state index contributed by atoms with van der Waals surface area (Å²) in [4.78, 5) is 2.47. The number of benzene rings is 1. The minimum absolute atomic E-state index is 0.208. The van der Waals surface area contributed by atoms with Gasteiger partial charge in [0.1, 0.15) is 5.60 Å². The maximum absolute atomic E-state index is 10.3. The molecule has 0 bridgehead atoms. The molecule has 2 N–H and O–H groups in total. The fourth-order valence-electron chi connectivity index (χ4n) is 3.58. The monoisotopic (exact) mass is 332 g/mol. The minimum Gasteiger partial charge on any atom is -0.386 e. The first-order chi connectivity index (χ1) is 11.4. The van der Waals surface area contributed by atoms with E-state index < -0.39 is 5.60 Å². The van der Waals surface area contributed by atoms with E-state index in [0.29, 0.717) is 25.8 Å². The first kappa shape index (κ1) is 17.7. The second-order valence-electron chi connectivity index (χ2n) is 8.47. The van der Waals surface area contributed by atoms with Gasteiger partial charge in [-0.2, -0.15) is 0 Å². The zero-order valence-corrected chi connectivity index (χ0v) is 15.3. The Morgan fingerprint density at radius 1 is 1.21 bits per heavy atom. The van der Waals surface area contributed by atoms with Crippen molar-refractivity contribution in [1.82, 2.24) is 5.32 Å². The Labute approximate surface area is 146 Å². The standard InChI is InChI=1S/C20H32N2O2/c1-19(2,3)16-4-6-18(7-5-16)22-11-8-17(9-12-22)21-14-20(23)10-13-24-15-20/h4-7,17,21,23H,8-15H2,1-3H3/t20-/m1/s1. The van der Waals surface area contributed by atoms with Gasteiger partial charge in [-0.25, -0.2) is 0 Å². The summed E-state index contributed by atoms with van der Waals surface area (Å²) < 4.78 is 5.31. The molecular weight excluding hydrogens is 300 g/mol. The Balaban J connectivity index is 1.48. The molecule has 0 aromatic heterocycles. The van der Waals surface area contributed by atoms with Crippen molar-refractivity contribution in [3.05, 3.63) is 29.8 Å². The summed E-state index contributed by atoms with van der Waals surface area (Å²) in [6, 6.07) is 9.53. The van der Waals surface area contributed by atoms with Gasteiger partial charge in [0.25, 0.3) is 0 Å². The third-order valence-corrected chi connectivity index (χ3v) is 5.40. The van der Waals surface area contributed by atoms with Crippen LogP contribution in [0.25, 0.3) is 0 Å². The Bertz CT molecular complexity index is 522. The highest BCUT2D eigenvalue weighted by atomic mass is 16.5. The molecule has 0 spiro atoms. The normalized spacial score (nSPS) is 26.1. The number of rotatable bonds is 4. The molecule has 24 heavy (non-hydrogen) atoms. The van der Waals surface area contributed by atoms with Crippen molar-refractivity contribution >= 4 is 5.69 Å². The lowest BCUT2D eigenvalue weighted by atomic mass is 9.87. The SMILES string of the molecule is CC(C)(C)c1ccc(N2CCC(NC[C@]3(O)CCOC3)CC2)cc1. The lowest BCUT2D eigenvalue weighted by Crippen LogP contribution is -2.49. The Morgan fingerprint density at radius 2 is 1.88 bits per heavy atom. The van der Waals surface area contributed by atoms with Crippen LogP contribution in [-0.4, -0.2) is 49.6 Å². The van der Waals surface area contributed by atoms with Crippen molar-refractivity contribution in [2.75, 3.05) is 37.7 Å². The van der Waals surface area contributed by atoms with Crippen LogP contribution >= 0.6 is 0 Å². The van der Waals surface area contributed by atoms with Crippen molar-refractivity contribution < 1.29 is 9.84 Å². The second kappa shape index (κ2) is 7.03. The lowest BCUT2D eigenvalue weighted by molar-refractivity contribution is 0.0241. The second-order valence-corrected chi connectivity index (χ2v) is 8.47. The molecule has 0 unspecified atom stereocenters. The number of aliphatic hydroxyl groups is 1. The number of piperidine rings is 1. The van der Waals surface area contributed by atoms with E-state index in [9.17, 15) is 5.11 Å². The van der Waals surface area contributed by atoms with Gasteiger partial charge in [-0.1, -0.05) is 32.9 Å². The number of hydrogen-bond acceptors (Lipinski definition) is 4. The summed E-state index contributed by atoms with van der Waals surface area (Å²) in [5, 5.41) is 13.9. The van der Waals surface area contributed by atoms with Crippen LogP contribution in [0.15, 0.2) is 24.3 Å². The smallest absolute Gasteiger partial charge is 0.102 e. The third kappa shape index (κ3) is 4.29. The summed E-state index contributed by atoms with van der Waals surface area (Å²) in [6.45, 7) is 10.7. The van der Waals surface area contributed by atoms with Crippen molar-refractivity contribution in [1.29, 1.82) is 0 Å². The molecule has 1 aromatic rings. The summed E-state index contributed by atoms with van der Waals surface area (Å²) in [5.41, 5.74) is 2.26. The molecule has 134 valence electrons. The van der Waals surface area contributed by atoms with E-state index in [0.717, 1.165) is 32.4 Å². The van der Waals surface area contributed by atoms with Crippen LogP contribution < -0.4 is 10.2 Å². The molecular formula is C20H32N2O2. The van der Waals surface area contributed by atoms with Crippen molar-refractivity contribution in [3.8, 4) is 0 Å². The highest BCUT2D eigenvalue weighted by Crippen LogP contribution is 2.26. The van der Waals surface area contributed by atoms with Crippen molar-refractivity contribution in [3.63, 3.8) is 0 Å². The first-order valence-corrected chi connectivity index (χ1v) is 9.25. The molecule has 0 aliphatic carbocycles. The van der Waals surface area contributed by atoms with Crippen LogP contribution in [0.4, 0.5) is 5.69 Å². The predicted octanol–water partition coefficient (Wildman–Crippen LogP) is 2.69. The fraction of sp³-hybridized carbons (Fsp3) is 0.700. The van der Waals surface area contributed by atoms with Gasteiger partial charge in [-0.3, -0.25) is 0 Å². The Hall–Kier alpha value is -1.10. The van der Waals surface area contributed by atoms with Crippen LogP contribution in [0.5, 0.6) is 0 Å². The number of hydrogen-bond donors (Lipinski definition) is 2. The van der Waals surface area contributed by atoms with Crippen LogP contribution in [0, 0.1) is 0 Å². The summed E-state index contributed by atoms with van der Waals surface area (Å²) in [6.07, 6.45) is 2.99. The van der Waals surface area contributed by atoms with Crippen LogP contribution in [0.1, 0.15) is 45.6 Å². The molecule has 0 amide bonds. The van der Waals surface area contributed by atoms with E-state index in [4.69, 9.17) is 4.74 Å². The summed E-state index contributed by atoms with van der Waals surface area (Å²) in [5.74, 6) is 0. The molecule has 0 saturated carbocycles. The Morgan fingerprint density at radius 3 is 2.42 bits per heavy atom. The topological polar surface area (TPSA) is 44.7 Å². The molecule has 3 rings (SSSR count).